The maximum Gasteiger partial charge on any atom is 0.0408 e. The fraction of sp³-hybridized carbons (Fsp3) is 0.455. The van der Waals surface area contributed by atoms with Gasteiger partial charge >= 0.3 is 0 Å². The van der Waals surface area contributed by atoms with Crippen molar-refractivity contribution < 1.29 is 0 Å². The van der Waals surface area contributed by atoms with Crippen LogP contribution in [0.3, 0.4) is 0 Å². The fourth-order valence-electron chi connectivity index (χ4n) is 1.96. The highest BCUT2D eigenvalue weighted by atomic mass is 15.2. The lowest BCUT2D eigenvalue weighted by Gasteiger charge is -2.28. The van der Waals surface area contributed by atoms with Crippen LogP contribution in [0.4, 0.5) is 5.69 Å². The SMILES string of the molecule is CN1Cc2ccc(N)cc2C1(C)C. The van der Waals surface area contributed by atoms with E-state index < -0.39 is 0 Å². The molecule has 0 saturated carbocycles. The molecule has 70 valence electrons. The summed E-state index contributed by atoms with van der Waals surface area (Å²) in [4.78, 5) is 2.34. The molecule has 0 aliphatic carbocycles. The Balaban J connectivity index is 2.57. The van der Waals surface area contributed by atoms with Crippen LogP contribution >= 0.6 is 0 Å². The van der Waals surface area contributed by atoms with E-state index in [0.717, 1.165) is 12.2 Å². The van der Waals surface area contributed by atoms with Crippen LogP contribution in [0.5, 0.6) is 0 Å². The molecule has 13 heavy (non-hydrogen) atoms. The molecule has 2 rings (SSSR count). The van der Waals surface area contributed by atoms with Crippen molar-refractivity contribution in [1.82, 2.24) is 4.90 Å². The van der Waals surface area contributed by atoms with Gasteiger partial charge in [0.1, 0.15) is 0 Å². The van der Waals surface area contributed by atoms with Gasteiger partial charge in [-0.1, -0.05) is 6.07 Å². The van der Waals surface area contributed by atoms with Crippen LogP contribution < -0.4 is 5.73 Å². The van der Waals surface area contributed by atoms with Gasteiger partial charge in [-0.05, 0) is 44.2 Å². The lowest BCUT2D eigenvalue weighted by molar-refractivity contribution is 0.178. The molecule has 0 bridgehead atoms. The van der Waals surface area contributed by atoms with E-state index in [9.17, 15) is 0 Å². The van der Waals surface area contributed by atoms with E-state index in [-0.39, 0.29) is 5.54 Å². The Morgan fingerprint density at radius 1 is 1.38 bits per heavy atom. The summed E-state index contributed by atoms with van der Waals surface area (Å²) in [5.41, 5.74) is 9.55. The minimum absolute atomic E-state index is 0.130. The van der Waals surface area contributed by atoms with Gasteiger partial charge in [0.15, 0.2) is 0 Å². The van der Waals surface area contributed by atoms with Crippen molar-refractivity contribution in [3.05, 3.63) is 29.3 Å². The van der Waals surface area contributed by atoms with E-state index in [1.54, 1.807) is 0 Å². The quantitative estimate of drug-likeness (QED) is 0.612. The highest BCUT2D eigenvalue weighted by Gasteiger charge is 2.34. The standard InChI is InChI=1S/C11H16N2/c1-11(2)10-6-9(12)5-4-8(10)7-13(11)3/h4-6H,7,12H2,1-3H3. The molecule has 0 aromatic heterocycles. The number of fused-ring (bicyclic) bond motifs is 1. The largest absolute Gasteiger partial charge is 0.399 e. The number of hydrogen-bond donors (Lipinski definition) is 1. The molecule has 0 unspecified atom stereocenters. The summed E-state index contributed by atoms with van der Waals surface area (Å²) in [6.45, 7) is 5.50. The maximum absolute atomic E-state index is 5.78. The number of hydrogen-bond acceptors (Lipinski definition) is 2. The first-order chi connectivity index (χ1) is 6.01. The van der Waals surface area contributed by atoms with Gasteiger partial charge < -0.3 is 5.73 Å². The van der Waals surface area contributed by atoms with Gasteiger partial charge in [-0.3, -0.25) is 4.90 Å². The third-order valence-electron chi connectivity index (χ3n) is 3.15. The molecule has 0 spiro atoms. The van der Waals surface area contributed by atoms with Crippen molar-refractivity contribution in [2.24, 2.45) is 0 Å². The minimum Gasteiger partial charge on any atom is -0.399 e. The number of nitrogens with zero attached hydrogens (tertiary/aromatic N) is 1. The predicted molar refractivity (Wildman–Crippen MR) is 55.3 cm³/mol. The molecule has 0 fully saturated rings. The van der Waals surface area contributed by atoms with Crippen molar-refractivity contribution in [2.45, 2.75) is 25.9 Å². The van der Waals surface area contributed by atoms with Crippen molar-refractivity contribution in [3.8, 4) is 0 Å². The number of benzene rings is 1. The van der Waals surface area contributed by atoms with E-state index in [0.29, 0.717) is 0 Å². The molecule has 2 nitrogen and oxygen atoms in total. The molecule has 1 aliphatic rings. The molecule has 0 atom stereocenters. The fourth-order valence-corrected chi connectivity index (χ4v) is 1.96. The van der Waals surface area contributed by atoms with Gasteiger partial charge in [-0.25, -0.2) is 0 Å². The molecule has 1 heterocycles. The van der Waals surface area contributed by atoms with E-state index in [1.807, 2.05) is 6.07 Å². The van der Waals surface area contributed by atoms with Crippen LogP contribution in [-0.2, 0) is 12.1 Å². The number of anilines is 1. The lowest BCUT2D eigenvalue weighted by atomic mass is 9.94. The normalized spacial score (nSPS) is 20.2. The van der Waals surface area contributed by atoms with Gasteiger partial charge in [0, 0.05) is 17.8 Å². The third kappa shape index (κ3) is 1.13. The zero-order chi connectivity index (χ0) is 9.64. The zero-order valence-corrected chi connectivity index (χ0v) is 8.46. The molecule has 0 amide bonds. The number of rotatable bonds is 0. The van der Waals surface area contributed by atoms with Crippen molar-refractivity contribution in [1.29, 1.82) is 0 Å². The van der Waals surface area contributed by atoms with E-state index >= 15 is 0 Å². The van der Waals surface area contributed by atoms with E-state index in [2.05, 4.69) is 37.9 Å². The van der Waals surface area contributed by atoms with Gasteiger partial charge in [-0.2, -0.15) is 0 Å². The molecule has 1 aromatic carbocycles. The average Bonchev–Trinajstić information content (AvgIpc) is 2.27. The van der Waals surface area contributed by atoms with Crippen LogP contribution in [0, 0.1) is 0 Å². The first kappa shape index (κ1) is 8.57. The summed E-state index contributed by atoms with van der Waals surface area (Å²) in [5.74, 6) is 0. The molecule has 2 heteroatoms. The first-order valence-corrected chi connectivity index (χ1v) is 4.62. The lowest BCUT2D eigenvalue weighted by Crippen LogP contribution is -2.31. The Morgan fingerprint density at radius 3 is 2.77 bits per heavy atom. The monoisotopic (exact) mass is 176 g/mol. The smallest absolute Gasteiger partial charge is 0.0408 e. The third-order valence-corrected chi connectivity index (χ3v) is 3.15. The van der Waals surface area contributed by atoms with Crippen molar-refractivity contribution in [2.75, 3.05) is 12.8 Å². The topological polar surface area (TPSA) is 29.3 Å². The Labute approximate surface area is 79.4 Å². The second kappa shape index (κ2) is 2.48. The average molecular weight is 176 g/mol. The van der Waals surface area contributed by atoms with Crippen LogP contribution in [0.25, 0.3) is 0 Å². The number of nitrogens with two attached hydrogens (primary N) is 1. The maximum atomic E-state index is 5.78. The van der Waals surface area contributed by atoms with Gasteiger partial charge in [0.05, 0.1) is 0 Å². The van der Waals surface area contributed by atoms with Crippen LogP contribution in [0.2, 0.25) is 0 Å². The summed E-state index contributed by atoms with van der Waals surface area (Å²) in [6.07, 6.45) is 0. The molecule has 1 aromatic rings. The minimum atomic E-state index is 0.130. The highest BCUT2D eigenvalue weighted by Crippen LogP contribution is 2.38. The second-order valence-corrected chi connectivity index (χ2v) is 4.33. The van der Waals surface area contributed by atoms with Crippen molar-refractivity contribution >= 4 is 5.69 Å². The molecule has 0 saturated heterocycles. The summed E-state index contributed by atoms with van der Waals surface area (Å²) in [6, 6.07) is 6.21. The summed E-state index contributed by atoms with van der Waals surface area (Å²) in [7, 11) is 2.15. The zero-order valence-electron chi connectivity index (χ0n) is 8.46. The molecular formula is C11H16N2. The van der Waals surface area contributed by atoms with Gasteiger partial charge in [0.2, 0.25) is 0 Å². The predicted octanol–water partition coefficient (Wildman–Crippen LogP) is 1.95. The molecular weight excluding hydrogens is 160 g/mol. The Bertz CT molecular complexity index is 342. The summed E-state index contributed by atoms with van der Waals surface area (Å²) >= 11 is 0. The Hall–Kier alpha value is -1.02. The first-order valence-electron chi connectivity index (χ1n) is 4.62. The van der Waals surface area contributed by atoms with Crippen LogP contribution in [-0.4, -0.2) is 11.9 Å². The summed E-state index contributed by atoms with van der Waals surface area (Å²) in [5, 5.41) is 0. The second-order valence-electron chi connectivity index (χ2n) is 4.33. The molecule has 2 N–H and O–H groups in total. The Kier molecular flexibility index (Phi) is 1.64. The molecule has 0 radical (unpaired) electrons. The Morgan fingerprint density at radius 2 is 2.08 bits per heavy atom. The van der Waals surface area contributed by atoms with Crippen LogP contribution in [0.15, 0.2) is 18.2 Å². The van der Waals surface area contributed by atoms with Crippen LogP contribution in [0.1, 0.15) is 25.0 Å². The van der Waals surface area contributed by atoms with Gasteiger partial charge in [0.25, 0.3) is 0 Å². The highest BCUT2D eigenvalue weighted by molar-refractivity contribution is 5.49. The van der Waals surface area contributed by atoms with E-state index in [4.69, 9.17) is 5.73 Å². The molecule has 1 aliphatic heterocycles. The van der Waals surface area contributed by atoms with Crippen molar-refractivity contribution in [3.63, 3.8) is 0 Å². The van der Waals surface area contributed by atoms with Gasteiger partial charge in [-0.15, -0.1) is 0 Å². The summed E-state index contributed by atoms with van der Waals surface area (Å²) < 4.78 is 0. The van der Waals surface area contributed by atoms with E-state index in [1.165, 1.54) is 11.1 Å². The number of nitrogen functional groups attached to an aromatic ring is 1.